The summed E-state index contributed by atoms with van der Waals surface area (Å²) in [4.78, 5) is 12.1. The lowest BCUT2D eigenvalue weighted by Crippen LogP contribution is -2.36. The fourth-order valence-corrected chi connectivity index (χ4v) is 3.54. The largest absolute Gasteiger partial charge is 0.468 e. The Balaban J connectivity index is 2.15. The molecule has 2 rings (SSSR count). The molecule has 0 saturated heterocycles. The molecule has 0 unspecified atom stereocenters. The van der Waals surface area contributed by atoms with Gasteiger partial charge in [-0.15, -0.1) is 0 Å². The smallest absolute Gasteiger partial charge is 0.327 e. The molecule has 0 amide bonds. The van der Waals surface area contributed by atoms with Crippen molar-refractivity contribution in [2.75, 3.05) is 13.4 Å². The van der Waals surface area contributed by atoms with E-state index in [1.54, 1.807) is 18.2 Å². The Labute approximate surface area is 129 Å². The summed E-state index contributed by atoms with van der Waals surface area (Å²) in [6.07, 6.45) is 5.43. The first kappa shape index (κ1) is 15.9. The number of hydrogen-bond donors (Lipinski definition) is 1. The third-order valence-corrected chi connectivity index (χ3v) is 5.00. The molecule has 1 aromatic rings. The third kappa shape index (κ3) is 3.99. The standard InChI is InChI=1S/C16H20N2O2S/c1-20-16(19)15(12-5-3-4-11(8-12)10-17)18-13-6-7-14(9-13)21-2/h3-5,8,13-15,18H,6-7,9H2,1-2H3/t13-,14-,15+/m0/s1. The summed E-state index contributed by atoms with van der Waals surface area (Å²) < 4.78 is 4.91. The molecular formula is C16H20N2O2S. The lowest BCUT2D eigenvalue weighted by atomic mass is 10.0. The number of hydrogen-bond acceptors (Lipinski definition) is 5. The van der Waals surface area contributed by atoms with Gasteiger partial charge in [-0.1, -0.05) is 12.1 Å². The van der Waals surface area contributed by atoms with Crippen LogP contribution in [0, 0.1) is 11.3 Å². The normalized spacial score (nSPS) is 22.5. The van der Waals surface area contributed by atoms with Crippen LogP contribution in [-0.4, -0.2) is 30.6 Å². The molecule has 0 aromatic heterocycles. The highest BCUT2D eigenvalue weighted by Crippen LogP contribution is 2.30. The van der Waals surface area contributed by atoms with Gasteiger partial charge < -0.3 is 4.74 Å². The predicted octanol–water partition coefficient (Wildman–Crippen LogP) is 2.65. The highest BCUT2D eigenvalue weighted by molar-refractivity contribution is 7.99. The van der Waals surface area contributed by atoms with Crippen LogP contribution in [0.1, 0.15) is 36.4 Å². The minimum atomic E-state index is -0.506. The van der Waals surface area contributed by atoms with Crippen LogP contribution in [0.2, 0.25) is 0 Å². The number of rotatable bonds is 5. The van der Waals surface area contributed by atoms with Crippen LogP contribution in [0.3, 0.4) is 0 Å². The highest BCUT2D eigenvalue weighted by Gasteiger charge is 2.30. The van der Waals surface area contributed by atoms with Crippen LogP contribution in [0.25, 0.3) is 0 Å². The molecule has 1 aliphatic rings. The van der Waals surface area contributed by atoms with Crippen LogP contribution < -0.4 is 5.32 Å². The molecule has 21 heavy (non-hydrogen) atoms. The van der Waals surface area contributed by atoms with Crippen LogP contribution in [-0.2, 0) is 9.53 Å². The Bertz CT molecular complexity index is 541. The summed E-state index contributed by atoms with van der Waals surface area (Å²) in [5.41, 5.74) is 1.34. The van der Waals surface area contributed by atoms with Gasteiger partial charge in [-0.3, -0.25) is 5.32 Å². The van der Waals surface area contributed by atoms with Gasteiger partial charge in [0.1, 0.15) is 6.04 Å². The maximum absolute atomic E-state index is 12.1. The molecule has 1 aromatic carbocycles. The second-order valence-corrected chi connectivity index (χ2v) is 6.37. The van der Waals surface area contributed by atoms with E-state index in [0.717, 1.165) is 18.4 Å². The first-order valence-corrected chi connectivity index (χ1v) is 8.33. The topological polar surface area (TPSA) is 62.1 Å². The molecule has 0 heterocycles. The number of carbonyl (C=O) groups is 1. The van der Waals surface area contributed by atoms with E-state index in [2.05, 4.69) is 17.6 Å². The lowest BCUT2D eigenvalue weighted by Gasteiger charge is -2.21. The molecule has 0 spiro atoms. The molecule has 1 saturated carbocycles. The molecule has 112 valence electrons. The average molecular weight is 304 g/mol. The number of nitrogens with one attached hydrogen (secondary N) is 1. The van der Waals surface area contributed by atoms with E-state index < -0.39 is 6.04 Å². The summed E-state index contributed by atoms with van der Waals surface area (Å²) in [6.45, 7) is 0. The third-order valence-electron chi connectivity index (χ3n) is 3.91. The Kier molecular flexibility index (Phi) is 5.66. The van der Waals surface area contributed by atoms with Crippen molar-refractivity contribution >= 4 is 17.7 Å². The maximum atomic E-state index is 12.1. The first-order valence-electron chi connectivity index (χ1n) is 7.04. The van der Waals surface area contributed by atoms with E-state index >= 15 is 0 Å². The van der Waals surface area contributed by atoms with Crippen molar-refractivity contribution in [3.8, 4) is 6.07 Å². The van der Waals surface area contributed by atoms with E-state index in [0.29, 0.717) is 16.9 Å². The fraction of sp³-hybridized carbons (Fsp3) is 0.500. The number of nitrogens with zero attached hydrogens (tertiary/aromatic N) is 1. The minimum absolute atomic E-state index is 0.308. The maximum Gasteiger partial charge on any atom is 0.327 e. The second-order valence-electron chi connectivity index (χ2n) is 5.23. The summed E-state index contributed by atoms with van der Waals surface area (Å²) in [6, 6.07) is 9.05. The molecule has 1 fully saturated rings. The van der Waals surface area contributed by atoms with Gasteiger partial charge in [0.15, 0.2) is 0 Å². The summed E-state index contributed by atoms with van der Waals surface area (Å²) in [5, 5.41) is 13.1. The van der Waals surface area contributed by atoms with Crippen LogP contribution in [0.4, 0.5) is 0 Å². The second kappa shape index (κ2) is 7.48. The van der Waals surface area contributed by atoms with Gasteiger partial charge >= 0.3 is 5.97 Å². The zero-order valence-electron chi connectivity index (χ0n) is 12.3. The Morgan fingerprint density at radius 1 is 1.52 bits per heavy atom. The molecule has 0 radical (unpaired) electrons. The molecule has 1 aliphatic carbocycles. The number of carbonyl (C=O) groups excluding carboxylic acids is 1. The highest BCUT2D eigenvalue weighted by atomic mass is 32.2. The SMILES string of the molecule is COC(=O)[C@H](N[C@H]1CC[C@H](SC)C1)c1cccc(C#N)c1. The minimum Gasteiger partial charge on any atom is -0.468 e. The molecule has 4 nitrogen and oxygen atoms in total. The molecular weight excluding hydrogens is 284 g/mol. The number of ether oxygens (including phenoxy) is 1. The van der Waals surface area contributed by atoms with Crippen molar-refractivity contribution in [2.45, 2.75) is 36.6 Å². The van der Waals surface area contributed by atoms with E-state index in [1.165, 1.54) is 13.5 Å². The molecule has 3 atom stereocenters. The van der Waals surface area contributed by atoms with Gasteiger partial charge in [-0.25, -0.2) is 4.79 Å². The van der Waals surface area contributed by atoms with Gasteiger partial charge in [0, 0.05) is 11.3 Å². The van der Waals surface area contributed by atoms with Crippen molar-refractivity contribution in [3.63, 3.8) is 0 Å². The van der Waals surface area contributed by atoms with Gasteiger partial charge in [0.05, 0.1) is 18.7 Å². The Hall–Kier alpha value is -1.51. The quantitative estimate of drug-likeness (QED) is 0.847. The van der Waals surface area contributed by atoms with Crippen molar-refractivity contribution in [2.24, 2.45) is 0 Å². The summed E-state index contributed by atoms with van der Waals surface area (Å²) in [7, 11) is 1.39. The molecule has 1 N–H and O–H groups in total. The zero-order chi connectivity index (χ0) is 15.2. The number of nitriles is 1. The van der Waals surface area contributed by atoms with Crippen molar-refractivity contribution in [3.05, 3.63) is 35.4 Å². The van der Waals surface area contributed by atoms with Gasteiger partial charge in [0.2, 0.25) is 0 Å². The zero-order valence-corrected chi connectivity index (χ0v) is 13.2. The summed E-state index contributed by atoms with van der Waals surface area (Å²) in [5.74, 6) is -0.308. The van der Waals surface area contributed by atoms with Crippen LogP contribution in [0.5, 0.6) is 0 Å². The van der Waals surface area contributed by atoms with Crippen molar-refractivity contribution in [1.82, 2.24) is 5.32 Å². The fourth-order valence-electron chi connectivity index (χ4n) is 2.75. The monoisotopic (exact) mass is 304 g/mol. The van der Waals surface area contributed by atoms with E-state index in [-0.39, 0.29) is 5.97 Å². The van der Waals surface area contributed by atoms with Crippen LogP contribution in [0.15, 0.2) is 24.3 Å². The van der Waals surface area contributed by atoms with E-state index in [4.69, 9.17) is 10.00 Å². The van der Waals surface area contributed by atoms with E-state index in [1.807, 2.05) is 17.8 Å². The summed E-state index contributed by atoms with van der Waals surface area (Å²) >= 11 is 1.88. The Morgan fingerprint density at radius 3 is 2.95 bits per heavy atom. The van der Waals surface area contributed by atoms with Crippen molar-refractivity contribution < 1.29 is 9.53 Å². The lowest BCUT2D eigenvalue weighted by molar-refractivity contribution is -0.143. The molecule has 0 aliphatic heterocycles. The molecule has 5 heteroatoms. The van der Waals surface area contributed by atoms with Crippen molar-refractivity contribution in [1.29, 1.82) is 5.26 Å². The number of thioether (sulfide) groups is 1. The number of esters is 1. The van der Waals surface area contributed by atoms with E-state index in [9.17, 15) is 4.79 Å². The average Bonchev–Trinajstić information content (AvgIpc) is 2.99. The first-order chi connectivity index (χ1) is 10.2. The number of benzene rings is 1. The van der Waals surface area contributed by atoms with Gasteiger partial charge in [-0.2, -0.15) is 17.0 Å². The molecule has 0 bridgehead atoms. The van der Waals surface area contributed by atoms with Gasteiger partial charge in [0.25, 0.3) is 0 Å². The van der Waals surface area contributed by atoms with Gasteiger partial charge in [-0.05, 0) is 43.2 Å². The Morgan fingerprint density at radius 2 is 2.33 bits per heavy atom. The number of methoxy groups -OCH3 is 1. The van der Waals surface area contributed by atoms with Crippen LogP contribution >= 0.6 is 11.8 Å². The predicted molar refractivity (Wildman–Crippen MR) is 84.0 cm³/mol.